The second kappa shape index (κ2) is 5.74. The molecule has 24 heavy (non-hydrogen) atoms. The van der Waals surface area contributed by atoms with Crippen molar-refractivity contribution in [2.45, 2.75) is 0 Å². The fourth-order valence-electron chi connectivity index (χ4n) is 2.39. The molecule has 2 aromatic heterocycles. The first-order valence-corrected chi connectivity index (χ1v) is 7.76. The maximum absolute atomic E-state index is 6.04. The summed E-state index contributed by atoms with van der Waals surface area (Å²) in [6.45, 7) is 0. The predicted molar refractivity (Wildman–Crippen MR) is 94.3 cm³/mol. The molecule has 0 radical (unpaired) electrons. The van der Waals surface area contributed by atoms with E-state index in [0.29, 0.717) is 27.2 Å². The molecule has 0 saturated carbocycles. The van der Waals surface area contributed by atoms with Gasteiger partial charge >= 0.3 is 0 Å². The number of fused-ring (bicyclic) bond motifs is 1. The van der Waals surface area contributed by atoms with Gasteiger partial charge in [0.25, 0.3) is 0 Å². The van der Waals surface area contributed by atoms with E-state index in [-0.39, 0.29) is 5.95 Å². The molecule has 0 unspecified atom stereocenters. The zero-order valence-electron chi connectivity index (χ0n) is 12.2. The van der Waals surface area contributed by atoms with Crippen molar-refractivity contribution in [3.63, 3.8) is 0 Å². The largest absolute Gasteiger partial charge is 0.368 e. The van der Waals surface area contributed by atoms with Crippen molar-refractivity contribution in [1.82, 2.24) is 24.7 Å². The lowest BCUT2D eigenvalue weighted by atomic mass is 10.2. The Morgan fingerprint density at radius 3 is 2.46 bits per heavy atom. The minimum absolute atomic E-state index is 0.231. The Kier molecular flexibility index (Phi) is 3.55. The van der Waals surface area contributed by atoms with Gasteiger partial charge in [-0.15, -0.1) is 5.10 Å². The lowest BCUT2D eigenvalue weighted by Gasteiger charge is -2.05. The zero-order chi connectivity index (χ0) is 16.7. The van der Waals surface area contributed by atoms with Gasteiger partial charge < -0.3 is 5.73 Å². The number of halogens is 2. The maximum Gasteiger partial charge on any atom is 0.225 e. The van der Waals surface area contributed by atoms with Crippen LogP contribution >= 0.6 is 23.2 Å². The highest BCUT2D eigenvalue weighted by atomic mass is 35.5. The molecule has 4 rings (SSSR count). The van der Waals surface area contributed by atoms with Crippen molar-refractivity contribution in [3.05, 3.63) is 58.8 Å². The van der Waals surface area contributed by atoms with E-state index < -0.39 is 0 Å². The highest BCUT2D eigenvalue weighted by Crippen LogP contribution is 2.25. The molecule has 0 aliphatic heterocycles. The van der Waals surface area contributed by atoms with E-state index in [0.717, 1.165) is 10.9 Å². The van der Waals surface area contributed by atoms with Crippen LogP contribution in [-0.4, -0.2) is 24.7 Å². The molecule has 2 heterocycles. The van der Waals surface area contributed by atoms with Crippen LogP contribution in [0.3, 0.4) is 0 Å². The van der Waals surface area contributed by atoms with Gasteiger partial charge in [-0.05, 0) is 42.5 Å². The second-order valence-electron chi connectivity index (χ2n) is 5.07. The van der Waals surface area contributed by atoms with Gasteiger partial charge in [0.1, 0.15) is 6.33 Å². The number of nitrogens with two attached hydrogens (primary N) is 1. The van der Waals surface area contributed by atoms with E-state index >= 15 is 0 Å². The van der Waals surface area contributed by atoms with Crippen molar-refractivity contribution < 1.29 is 0 Å². The van der Waals surface area contributed by atoms with Gasteiger partial charge in [-0.25, -0.2) is 9.97 Å². The summed E-state index contributed by atoms with van der Waals surface area (Å²) in [5.74, 6) is 1.27. The Morgan fingerprint density at radius 1 is 0.917 bits per heavy atom. The smallest absolute Gasteiger partial charge is 0.225 e. The van der Waals surface area contributed by atoms with E-state index in [4.69, 9.17) is 28.9 Å². The second-order valence-corrected chi connectivity index (χ2v) is 5.94. The molecule has 2 N–H and O–H groups in total. The molecular weight excluding hydrogens is 347 g/mol. The molecule has 8 heteroatoms. The minimum atomic E-state index is 0.231. The third-order valence-electron chi connectivity index (χ3n) is 3.51. The summed E-state index contributed by atoms with van der Waals surface area (Å²) in [4.78, 5) is 12.8. The van der Waals surface area contributed by atoms with E-state index in [1.807, 2.05) is 18.2 Å². The highest BCUT2D eigenvalue weighted by Gasteiger charge is 2.14. The molecule has 0 spiro atoms. The number of nitrogens with zero attached hydrogens (tertiary/aromatic N) is 5. The molecule has 0 bridgehead atoms. The van der Waals surface area contributed by atoms with E-state index in [1.54, 1.807) is 24.3 Å². The summed E-state index contributed by atoms with van der Waals surface area (Å²) < 4.78 is 1.49. The number of benzene rings is 2. The van der Waals surface area contributed by atoms with Gasteiger partial charge in [0.15, 0.2) is 11.6 Å². The fraction of sp³-hybridized carbons (Fsp3) is 0. The highest BCUT2D eigenvalue weighted by molar-refractivity contribution is 6.31. The summed E-state index contributed by atoms with van der Waals surface area (Å²) in [5.41, 5.74) is 7.55. The van der Waals surface area contributed by atoms with Gasteiger partial charge in [0.2, 0.25) is 5.95 Å². The van der Waals surface area contributed by atoms with Gasteiger partial charge in [-0.3, -0.25) is 0 Å². The number of rotatable bonds is 2. The van der Waals surface area contributed by atoms with Crippen molar-refractivity contribution in [3.8, 4) is 17.2 Å². The van der Waals surface area contributed by atoms with E-state index in [9.17, 15) is 0 Å². The number of hydrogen-bond donors (Lipinski definition) is 1. The fourth-order valence-corrected chi connectivity index (χ4v) is 2.68. The van der Waals surface area contributed by atoms with E-state index in [2.05, 4.69) is 20.1 Å². The first kappa shape index (κ1) is 14.9. The molecule has 0 fully saturated rings. The van der Waals surface area contributed by atoms with Gasteiger partial charge in [-0.2, -0.15) is 9.67 Å². The molecule has 2 aromatic carbocycles. The Bertz CT molecular complexity index is 1040. The summed E-state index contributed by atoms with van der Waals surface area (Å²) >= 11 is 11.9. The van der Waals surface area contributed by atoms with Crippen LogP contribution in [-0.2, 0) is 0 Å². The van der Waals surface area contributed by atoms with Crippen LogP contribution in [0.25, 0.3) is 28.1 Å². The van der Waals surface area contributed by atoms with Crippen molar-refractivity contribution in [1.29, 1.82) is 0 Å². The average molecular weight is 357 g/mol. The number of nitrogen functional groups attached to an aromatic ring is 1. The van der Waals surface area contributed by atoms with Gasteiger partial charge in [0, 0.05) is 21.0 Å². The topological polar surface area (TPSA) is 82.5 Å². The Morgan fingerprint density at radius 2 is 1.67 bits per heavy atom. The maximum atomic E-state index is 6.04. The van der Waals surface area contributed by atoms with Crippen LogP contribution in [0.15, 0.2) is 48.8 Å². The average Bonchev–Trinajstić information content (AvgIpc) is 2.96. The standard InChI is InChI=1S/C16H10Cl2N6/c17-10-3-1-9(2-4-10)14-22-16(19)24(23-14)15-12-6-5-11(18)7-13(12)20-8-21-15/h1-8H,(H2,19,22,23). The lowest BCUT2D eigenvalue weighted by molar-refractivity contribution is 0.863. The van der Waals surface area contributed by atoms with E-state index in [1.165, 1.54) is 11.0 Å². The third kappa shape index (κ3) is 2.55. The van der Waals surface area contributed by atoms with Crippen LogP contribution in [0.4, 0.5) is 5.95 Å². The van der Waals surface area contributed by atoms with Crippen LogP contribution in [0, 0.1) is 0 Å². The Labute approximate surface area is 146 Å². The van der Waals surface area contributed by atoms with Gasteiger partial charge in [-0.1, -0.05) is 23.2 Å². The number of hydrogen-bond acceptors (Lipinski definition) is 5. The summed E-state index contributed by atoms with van der Waals surface area (Å²) in [6, 6.07) is 12.6. The normalized spacial score (nSPS) is 11.1. The summed E-state index contributed by atoms with van der Waals surface area (Å²) in [7, 11) is 0. The Hall–Kier alpha value is -2.70. The van der Waals surface area contributed by atoms with Crippen molar-refractivity contribution in [2.75, 3.05) is 5.73 Å². The quantitative estimate of drug-likeness (QED) is 0.591. The summed E-state index contributed by atoms with van der Waals surface area (Å²) in [5, 5.41) is 6.49. The number of aromatic nitrogens is 5. The van der Waals surface area contributed by atoms with Crippen LogP contribution in [0.1, 0.15) is 0 Å². The number of anilines is 1. The molecule has 0 amide bonds. The Balaban J connectivity index is 1.87. The van der Waals surface area contributed by atoms with Gasteiger partial charge in [0.05, 0.1) is 5.52 Å². The molecule has 118 valence electrons. The monoisotopic (exact) mass is 356 g/mol. The third-order valence-corrected chi connectivity index (χ3v) is 4.00. The molecule has 0 aliphatic carbocycles. The molecule has 0 aliphatic rings. The van der Waals surface area contributed by atoms with Crippen LogP contribution in [0.5, 0.6) is 0 Å². The molecule has 4 aromatic rings. The molecular formula is C16H10Cl2N6. The lowest BCUT2D eigenvalue weighted by Crippen LogP contribution is -2.05. The predicted octanol–water partition coefficient (Wildman–Crippen LogP) is 3.77. The SMILES string of the molecule is Nc1nc(-c2ccc(Cl)cc2)nn1-c1ncnc2cc(Cl)ccc12. The molecule has 6 nitrogen and oxygen atoms in total. The first-order chi connectivity index (χ1) is 11.6. The molecule has 0 saturated heterocycles. The molecule has 0 atom stereocenters. The van der Waals surface area contributed by atoms with Crippen LogP contribution in [0.2, 0.25) is 10.0 Å². The van der Waals surface area contributed by atoms with Crippen molar-refractivity contribution in [2.24, 2.45) is 0 Å². The first-order valence-electron chi connectivity index (χ1n) is 7.01. The summed E-state index contributed by atoms with van der Waals surface area (Å²) in [6.07, 6.45) is 1.44. The van der Waals surface area contributed by atoms with Crippen molar-refractivity contribution >= 4 is 40.1 Å². The van der Waals surface area contributed by atoms with Crippen LogP contribution < -0.4 is 5.73 Å². The zero-order valence-corrected chi connectivity index (χ0v) is 13.7. The minimum Gasteiger partial charge on any atom is -0.368 e.